The van der Waals surface area contributed by atoms with Gasteiger partial charge in [-0.25, -0.2) is 36.5 Å². The lowest BCUT2D eigenvalue weighted by atomic mass is 10.1. The monoisotopic (exact) mass is 591 g/mol. The number of imidazole rings is 2. The number of rotatable bonds is 8. The van der Waals surface area contributed by atoms with Gasteiger partial charge in [0.1, 0.15) is 23.7 Å². The Kier molecular flexibility index (Phi) is 6.82. The van der Waals surface area contributed by atoms with Crippen LogP contribution in [0, 0.1) is 17.5 Å². The third-order valence-corrected chi connectivity index (χ3v) is 7.73. The molecule has 0 spiro atoms. The van der Waals surface area contributed by atoms with Crippen molar-refractivity contribution in [2.45, 2.75) is 11.3 Å². The first-order chi connectivity index (χ1) is 20.2. The Labute approximate surface area is 237 Å². The minimum absolute atomic E-state index is 0.128. The van der Waals surface area contributed by atoms with E-state index in [0.717, 1.165) is 36.7 Å². The van der Waals surface area contributed by atoms with Crippen LogP contribution in [0.25, 0.3) is 28.3 Å². The van der Waals surface area contributed by atoms with Gasteiger partial charge in [0.25, 0.3) is 10.0 Å². The van der Waals surface area contributed by atoms with Gasteiger partial charge in [-0.15, -0.1) is 0 Å². The summed E-state index contributed by atoms with van der Waals surface area (Å²) in [7, 11) is -3.43. The second-order valence-electron chi connectivity index (χ2n) is 9.13. The van der Waals surface area contributed by atoms with Crippen LogP contribution < -0.4 is 9.46 Å². The predicted octanol–water partition coefficient (Wildman–Crippen LogP) is 5.00. The van der Waals surface area contributed by atoms with Crippen LogP contribution >= 0.6 is 0 Å². The van der Waals surface area contributed by atoms with Crippen LogP contribution in [-0.4, -0.2) is 44.8 Å². The molecule has 4 heterocycles. The molecule has 0 saturated heterocycles. The van der Waals surface area contributed by atoms with Gasteiger partial charge in [-0.05, 0) is 17.7 Å². The molecule has 0 atom stereocenters. The summed E-state index contributed by atoms with van der Waals surface area (Å²) in [5.74, 6) is -3.07. The lowest BCUT2D eigenvalue weighted by Gasteiger charge is -2.13. The van der Waals surface area contributed by atoms with E-state index in [1.54, 1.807) is 6.20 Å². The quantitative estimate of drug-likeness (QED) is 0.255. The number of hydrogen-bond acceptors (Lipinski definition) is 7. The number of halogens is 3. The molecule has 2 N–H and O–H groups in total. The molecule has 0 radical (unpaired) electrons. The fraction of sp³-hybridized carbons (Fsp3) is 0.0714. The molecule has 0 unspecified atom stereocenters. The van der Waals surface area contributed by atoms with E-state index in [4.69, 9.17) is 4.74 Å². The van der Waals surface area contributed by atoms with Crippen LogP contribution in [0.4, 0.5) is 18.9 Å². The number of aromatic nitrogens is 6. The van der Waals surface area contributed by atoms with E-state index < -0.39 is 49.5 Å². The van der Waals surface area contributed by atoms with Gasteiger partial charge in [0.05, 0.1) is 42.0 Å². The Morgan fingerprint density at radius 1 is 0.976 bits per heavy atom. The number of methoxy groups -OCH3 is 1. The molecule has 0 amide bonds. The number of benzene rings is 2. The number of aromatic amines is 1. The van der Waals surface area contributed by atoms with Gasteiger partial charge in [0, 0.05) is 30.6 Å². The van der Waals surface area contributed by atoms with Crippen LogP contribution in [0.3, 0.4) is 0 Å². The molecule has 0 aliphatic rings. The molecule has 0 saturated carbocycles. The van der Waals surface area contributed by atoms with Gasteiger partial charge in [-0.2, -0.15) is 0 Å². The Bertz CT molecular complexity index is 2050. The molecule has 42 heavy (non-hydrogen) atoms. The molecule has 0 fully saturated rings. The number of fused-ring (bicyclic) bond motifs is 1. The van der Waals surface area contributed by atoms with Crippen molar-refractivity contribution in [1.29, 1.82) is 0 Å². The van der Waals surface area contributed by atoms with E-state index in [2.05, 4.69) is 24.9 Å². The zero-order valence-electron chi connectivity index (χ0n) is 21.7. The average molecular weight is 592 g/mol. The zero-order chi connectivity index (χ0) is 29.4. The highest BCUT2D eigenvalue weighted by atomic mass is 32.2. The number of pyridine rings is 1. The second-order valence-corrected chi connectivity index (χ2v) is 10.8. The van der Waals surface area contributed by atoms with E-state index in [1.807, 2.05) is 35.1 Å². The highest BCUT2D eigenvalue weighted by molar-refractivity contribution is 7.92. The molecule has 6 aromatic rings. The fourth-order valence-electron chi connectivity index (χ4n) is 4.41. The lowest BCUT2D eigenvalue weighted by Crippen LogP contribution is -2.16. The molecule has 6 rings (SSSR count). The number of anilines is 1. The van der Waals surface area contributed by atoms with Crippen molar-refractivity contribution in [3.05, 3.63) is 108 Å². The highest BCUT2D eigenvalue weighted by Gasteiger charge is 2.26. The number of sulfonamides is 1. The molecular weight excluding hydrogens is 571 g/mol. The summed E-state index contributed by atoms with van der Waals surface area (Å²) in [6.07, 6.45) is 7.31. The summed E-state index contributed by atoms with van der Waals surface area (Å²) in [6.45, 7) is 0. The van der Waals surface area contributed by atoms with Crippen LogP contribution in [0.1, 0.15) is 11.3 Å². The van der Waals surface area contributed by atoms with Gasteiger partial charge in [-0.3, -0.25) is 9.71 Å². The summed E-state index contributed by atoms with van der Waals surface area (Å²) in [4.78, 5) is 19.2. The van der Waals surface area contributed by atoms with Crippen molar-refractivity contribution in [1.82, 2.24) is 29.3 Å². The number of nitrogens with zero attached hydrogens (tertiary/aromatic N) is 5. The van der Waals surface area contributed by atoms with E-state index in [1.165, 1.54) is 23.1 Å². The number of nitrogens with one attached hydrogen (secondary N) is 2. The number of ether oxygens (including phenoxy) is 1. The van der Waals surface area contributed by atoms with Crippen LogP contribution in [0.2, 0.25) is 0 Å². The SMILES string of the molecule is COc1ncc(F)cc1S(=O)(=O)Nc1ccc(F)c(-c2cn3cnc(-c4ncc(Cc5ccccc5)[nH]4)c3cn2)c1F. The number of H-pyrrole nitrogens is 1. The first kappa shape index (κ1) is 27.0. The molecular formula is C28H20F3N7O3S. The summed E-state index contributed by atoms with van der Waals surface area (Å²) < 4.78 is 78.6. The van der Waals surface area contributed by atoms with Crippen LogP contribution in [-0.2, 0) is 16.4 Å². The molecule has 10 nitrogen and oxygen atoms in total. The Morgan fingerprint density at radius 2 is 1.79 bits per heavy atom. The third kappa shape index (κ3) is 5.03. The Balaban J connectivity index is 1.32. The van der Waals surface area contributed by atoms with E-state index in [9.17, 15) is 17.2 Å². The van der Waals surface area contributed by atoms with E-state index in [-0.39, 0.29) is 5.69 Å². The first-order valence-corrected chi connectivity index (χ1v) is 13.8. The third-order valence-electron chi connectivity index (χ3n) is 6.37. The van der Waals surface area contributed by atoms with Gasteiger partial charge in [0.2, 0.25) is 5.88 Å². The standard InChI is InChI=1S/C28H20F3N7O3S/c1-41-28-23(10-17(29)11-34-28)42(39,40)37-20-8-7-19(30)24(25(20)31)21-14-38-15-35-26(22(38)13-32-21)27-33-12-18(36-27)9-16-5-3-2-4-6-16/h2-8,10-15,37H,9H2,1H3,(H,33,36). The summed E-state index contributed by atoms with van der Waals surface area (Å²) in [5.41, 5.74) is 1.67. The molecule has 0 aliphatic heterocycles. The maximum Gasteiger partial charge on any atom is 0.267 e. The minimum atomic E-state index is -4.58. The normalized spacial score (nSPS) is 11.6. The van der Waals surface area contributed by atoms with Crippen LogP contribution in [0.15, 0.2) is 84.5 Å². The maximum absolute atomic E-state index is 15.6. The van der Waals surface area contributed by atoms with Crippen molar-refractivity contribution < 1.29 is 26.3 Å². The Hall–Kier alpha value is -5.24. The predicted molar refractivity (Wildman–Crippen MR) is 147 cm³/mol. The first-order valence-electron chi connectivity index (χ1n) is 12.3. The maximum atomic E-state index is 15.6. The topological polar surface area (TPSA) is 127 Å². The van der Waals surface area contributed by atoms with Crippen molar-refractivity contribution in [2.24, 2.45) is 0 Å². The highest BCUT2D eigenvalue weighted by Crippen LogP contribution is 2.33. The van der Waals surface area contributed by atoms with Crippen molar-refractivity contribution in [3.63, 3.8) is 0 Å². The number of hydrogen-bond donors (Lipinski definition) is 2. The van der Waals surface area contributed by atoms with Gasteiger partial charge >= 0.3 is 0 Å². The Morgan fingerprint density at radius 3 is 2.57 bits per heavy atom. The molecule has 14 heteroatoms. The molecule has 2 aromatic carbocycles. The van der Waals surface area contributed by atoms with Gasteiger partial charge < -0.3 is 14.1 Å². The van der Waals surface area contributed by atoms with Crippen LogP contribution in [0.5, 0.6) is 5.88 Å². The van der Waals surface area contributed by atoms with E-state index >= 15 is 4.39 Å². The molecule has 4 aromatic heterocycles. The van der Waals surface area contributed by atoms with Gasteiger partial charge in [-0.1, -0.05) is 30.3 Å². The fourth-order valence-corrected chi connectivity index (χ4v) is 5.60. The van der Waals surface area contributed by atoms with Gasteiger partial charge in [0.15, 0.2) is 16.5 Å². The minimum Gasteiger partial charge on any atom is -0.480 e. The zero-order valence-corrected chi connectivity index (χ0v) is 22.5. The van der Waals surface area contributed by atoms with Crippen molar-refractivity contribution in [2.75, 3.05) is 11.8 Å². The van der Waals surface area contributed by atoms with E-state index in [0.29, 0.717) is 29.5 Å². The molecule has 0 aliphatic carbocycles. The smallest absolute Gasteiger partial charge is 0.267 e. The summed E-state index contributed by atoms with van der Waals surface area (Å²) >= 11 is 0. The molecule has 212 valence electrons. The van der Waals surface area contributed by atoms with Crippen molar-refractivity contribution >= 4 is 21.2 Å². The largest absolute Gasteiger partial charge is 0.480 e. The lowest BCUT2D eigenvalue weighted by molar-refractivity contribution is 0.382. The summed E-state index contributed by atoms with van der Waals surface area (Å²) in [5, 5.41) is 0. The summed E-state index contributed by atoms with van der Waals surface area (Å²) in [6, 6.07) is 12.3. The molecule has 0 bridgehead atoms. The average Bonchev–Trinajstić information content (AvgIpc) is 3.62. The van der Waals surface area contributed by atoms with Crippen molar-refractivity contribution in [3.8, 4) is 28.7 Å². The second kappa shape index (κ2) is 10.6.